The second-order valence-corrected chi connectivity index (χ2v) is 8.22. The monoisotopic (exact) mass is 440 g/mol. The third kappa shape index (κ3) is 6.51. The summed E-state index contributed by atoms with van der Waals surface area (Å²) in [7, 11) is 0. The summed E-state index contributed by atoms with van der Waals surface area (Å²) >= 11 is 3.00. The third-order valence-corrected chi connectivity index (χ3v) is 3.22. The van der Waals surface area contributed by atoms with E-state index in [4.69, 9.17) is 14.2 Å². The number of carbonyl (C=O) groups is 2. The number of alkyl halides is 3. The van der Waals surface area contributed by atoms with E-state index in [2.05, 4.69) is 15.9 Å². The van der Waals surface area contributed by atoms with Gasteiger partial charge in [-0.1, -0.05) is 0 Å². The maximum atomic E-state index is 13.4. The Kier molecular flexibility index (Phi) is 6.39. The molecule has 0 bridgehead atoms. The number of carbonyl (C=O) groups excluding carboxylic acids is 2. The molecule has 5 nitrogen and oxygen atoms in total. The van der Waals surface area contributed by atoms with Crippen molar-refractivity contribution < 1.29 is 37.0 Å². The van der Waals surface area contributed by atoms with Crippen molar-refractivity contribution in [2.45, 2.75) is 58.9 Å². The molecule has 0 aliphatic carbocycles. The highest BCUT2D eigenvalue weighted by atomic mass is 79.9. The molecule has 9 heteroatoms. The van der Waals surface area contributed by atoms with Gasteiger partial charge in [0.15, 0.2) is 5.75 Å². The minimum Gasteiger partial charge on any atom is -0.456 e. The molecule has 1 rings (SSSR count). The van der Waals surface area contributed by atoms with E-state index < -0.39 is 46.4 Å². The number of esters is 1. The molecule has 0 radical (unpaired) electrons. The summed E-state index contributed by atoms with van der Waals surface area (Å²) in [6.07, 6.45) is -6.11. The lowest BCUT2D eigenvalue weighted by Crippen LogP contribution is -2.29. The molecule has 0 amide bonds. The van der Waals surface area contributed by atoms with E-state index in [1.165, 1.54) is 20.8 Å². The Morgan fingerprint density at radius 2 is 1.42 bits per heavy atom. The largest absolute Gasteiger partial charge is 0.514 e. The quantitative estimate of drug-likeness (QED) is 0.433. The van der Waals surface area contributed by atoms with Crippen LogP contribution in [0.1, 0.15) is 57.5 Å². The molecule has 1 aromatic carbocycles. The first-order valence-electron chi connectivity index (χ1n) is 7.55. The van der Waals surface area contributed by atoms with Crippen LogP contribution in [0.3, 0.4) is 0 Å². The van der Waals surface area contributed by atoms with Gasteiger partial charge in [0, 0.05) is 0 Å². The molecule has 146 valence electrons. The summed E-state index contributed by atoms with van der Waals surface area (Å²) in [5.74, 6) is -1.90. The van der Waals surface area contributed by atoms with Gasteiger partial charge in [0.1, 0.15) is 16.8 Å². The highest BCUT2D eigenvalue weighted by Crippen LogP contribution is 2.41. The maximum Gasteiger partial charge on any atom is 0.514 e. The molecule has 0 saturated heterocycles. The molecule has 0 heterocycles. The Hall–Kier alpha value is -1.77. The molecule has 0 aromatic heterocycles. The molecule has 0 N–H and O–H groups in total. The van der Waals surface area contributed by atoms with Gasteiger partial charge in [-0.2, -0.15) is 13.2 Å². The van der Waals surface area contributed by atoms with Gasteiger partial charge in [0.25, 0.3) is 0 Å². The van der Waals surface area contributed by atoms with Crippen molar-refractivity contribution in [3.05, 3.63) is 27.7 Å². The number of ether oxygens (including phenoxy) is 3. The minimum absolute atomic E-state index is 0.0304. The highest BCUT2D eigenvalue weighted by molar-refractivity contribution is 9.10. The topological polar surface area (TPSA) is 61.8 Å². The standard InChI is InChI=1S/C17H20BrF3O5/c1-15(2,3)25-13(22)11-9(17(19,20)21)7-8-10(18)12(11)24-14(23)26-16(4,5)6/h7-8H,1-6H3. The van der Waals surface area contributed by atoms with Gasteiger partial charge in [-0.3, -0.25) is 0 Å². The summed E-state index contributed by atoms with van der Waals surface area (Å²) in [6.45, 7) is 9.19. The number of rotatable bonds is 2. The summed E-state index contributed by atoms with van der Waals surface area (Å²) in [5.41, 5.74) is -4.18. The Labute approximate surface area is 157 Å². The molecule has 0 unspecified atom stereocenters. The Morgan fingerprint density at radius 1 is 0.923 bits per heavy atom. The van der Waals surface area contributed by atoms with Crippen LogP contribution >= 0.6 is 15.9 Å². The zero-order chi connectivity index (χ0) is 20.5. The van der Waals surface area contributed by atoms with Crippen LogP contribution in [-0.2, 0) is 15.7 Å². The second-order valence-electron chi connectivity index (χ2n) is 7.37. The van der Waals surface area contributed by atoms with Crippen LogP contribution in [0.25, 0.3) is 0 Å². The minimum atomic E-state index is -4.86. The number of hydrogen-bond acceptors (Lipinski definition) is 5. The molecule has 0 fully saturated rings. The zero-order valence-electron chi connectivity index (χ0n) is 15.2. The Balaban J connectivity index is 3.48. The van der Waals surface area contributed by atoms with Crippen LogP contribution < -0.4 is 4.74 Å². The van der Waals surface area contributed by atoms with E-state index in [1.807, 2.05) is 0 Å². The summed E-state index contributed by atoms with van der Waals surface area (Å²) < 4.78 is 55.0. The molecule has 0 aliphatic heterocycles. The Bertz CT molecular complexity index is 700. The summed E-state index contributed by atoms with van der Waals surface area (Å²) in [4.78, 5) is 24.3. The smallest absolute Gasteiger partial charge is 0.456 e. The van der Waals surface area contributed by atoms with Crippen LogP contribution in [0.4, 0.5) is 18.0 Å². The van der Waals surface area contributed by atoms with Crippen LogP contribution in [0.2, 0.25) is 0 Å². The van der Waals surface area contributed by atoms with Crippen molar-refractivity contribution in [3.8, 4) is 5.75 Å². The average Bonchev–Trinajstić information content (AvgIpc) is 2.34. The number of benzene rings is 1. The van der Waals surface area contributed by atoms with Crippen LogP contribution in [-0.4, -0.2) is 23.3 Å². The SMILES string of the molecule is CC(C)(C)OC(=O)Oc1c(Br)ccc(C(F)(F)F)c1C(=O)OC(C)(C)C. The van der Waals surface area contributed by atoms with Gasteiger partial charge < -0.3 is 14.2 Å². The van der Waals surface area contributed by atoms with Gasteiger partial charge in [0.2, 0.25) is 0 Å². The number of halogens is 4. The van der Waals surface area contributed by atoms with E-state index in [9.17, 15) is 22.8 Å². The first-order chi connectivity index (χ1) is 11.5. The lowest BCUT2D eigenvalue weighted by Gasteiger charge is -2.23. The fourth-order valence-corrected chi connectivity index (χ4v) is 2.19. The fraction of sp³-hybridized carbons (Fsp3) is 0.529. The predicted molar refractivity (Wildman–Crippen MR) is 91.2 cm³/mol. The van der Waals surface area contributed by atoms with E-state index in [1.54, 1.807) is 20.8 Å². The normalized spacial score (nSPS) is 12.5. The molecular weight excluding hydrogens is 421 g/mol. The summed E-state index contributed by atoms with van der Waals surface area (Å²) in [6, 6.07) is 1.72. The van der Waals surface area contributed by atoms with E-state index in [-0.39, 0.29) is 4.47 Å². The van der Waals surface area contributed by atoms with Crippen LogP contribution in [0, 0.1) is 0 Å². The lowest BCUT2D eigenvalue weighted by molar-refractivity contribution is -0.138. The highest BCUT2D eigenvalue weighted by Gasteiger charge is 2.40. The molecule has 0 saturated carbocycles. The van der Waals surface area contributed by atoms with Gasteiger partial charge in [-0.15, -0.1) is 0 Å². The Morgan fingerprint density at radius 3 is 1.85 bits per heavy atom. The molecule has 26 heavy (non-hydrogen) atoms. The fourth-order valence-electron chi connectivity index (χ4n) is 1.78. The zero-order valence-corrected chi connectivity index (χ0v) is 16.8. The van der Waals surface area contributed by atoms with E-state index >= 15 is 0 Å². The van der Waals surface area contributed by atoms with Gasteiger partial charge >= 0.3 is 18.3 Å². The molecule has 1 aromatic rings. The van der Waals surface area contributed by atoms with Gasteiger partial charge in [0.05, 0.1) is 10.0 Å². The van der Waals surface area contributed by atoms with Gasteiger partial charge in [-0.25, -0.2) is 9.59 Å². The average molecular weight is 441 g/mol. The third-order valence-electron chi connectivity index (χ3n) is 2.59. The van der Waals surface area contributed by atoms with Gasteiger partial charge in [-0.05, 0) is 69.6 Å². The van der Waals surface area contributed by atoms with E-state index in [0.717, 1.165) is 6.07 Å². The van der Waals surface area contributed by atoms with Crippen molar-refractivity contribution in [2.75, 3.05) is 0 Å². The van der Waals surface area contributed by atoms with Crippen LogP contribution in [0.15, 0.2) is 16.6 Å². The lowest BCUT2D eigenvalue weighted by atomic mass is 10.1. The van der Waals surface area contributed by atoms with Crippen molar-refractivity contribution >= 4 is 28.1 Å². The summed E-state index contributed by atoms with van der Waals surface area (Å²) in [5, 5.41) is 0. The van der Waals surface area contributed by atoms with E-state index in [0.29, 0.717) is 6.07 Å². The number of hydrogen-bond donors (Lipinski definition) is 0. The molecule has 0 aliphatic rings. The molecule has 0 spiro atoms. The first kappa shape index (κ1) is 22.3. The molecule has 0 atom stereocenters. The van der Waals surface area contributed by atoms with Crippen LogP contribution in [0.5, 0.6) is 5.75 Å². The van der Waals surface area contributed by atoms with Crippen molar-refractivity contribution in [1.29, 1.82) is 0 Å². The second kappa shape index (κ2) is 7.46. The van der Waals surface area contributed by atoms with Crippen molar-refractivity contribution in [1.82, 2.24) is 0 Å². The van der Waals surface area contributed by atoms with Crippen molar-refractivity contribution in [3.63, 3.8) is 0 Å². The first-order valence-corrected chi connectivity index (χ1v) is 8.34. The predicted octanol–water partition coefficient (Wildman–Crippen LogP) is 5.74. The maximum absolute atomic E-state index is 13.4. The van der Waals surface area contributed by atoms with Crippen molar-refractivity contribution in [2.24, 2.45) is 0 Å². The molecular formula is C17H20BrF3O5.